The molecule has 0 aromatic heterocycles. The molecule has 9 heteroatoms. The summed E-state index contributed by atoms with van der Waals surface area (Å²) in [5, 5.41) is 3.08. The maximum atomic E-state index is 13.2. The lowest BCUT2D eigenvalue weighted by atomic mass is 9.97. The summed E-state index contributed by atoms with van der Waals surface area (Å²) in [5.74, 6) is -1.58. The second kappa shape index (κ2) is 9.69. The zero-order chi connectivity index (χ0) is 23.7. The number of amides is 4. The summed E-state index contributed by atoms with van der Waals surface area (Å²) < 4.78 is 0.932. The van der Waals surface area contributed by atoms with Gasteiger partial charge in [0.2, 0.25) is 0 Å². The molecular weight excluding hydrogens is 551 g/mol. The second-order valence-electron chi connectivity index (χ2n) is 7.17. The van der Waals surface area contributed by atoms with Crippen molar-refractivity contribution in [2.24, 2.45) is 0 Å². The largest absolute Gasteiger partial charge is 0.335 e. The Morgan fingerprint density at radius 3 is 2.36 bits per heavy atom. The van der Waals surface area contributed by atoms with Crippen molar-refractivity contribution in [1.29, 1.82) is 0 Å². The van der Waals surface area contributed by atoms with Gasteiger partial charge < -0.3 is 0 Å². The standard InChI is InChI=1S/C24H14BrCl3N2O3/c25-19-4-2-1-3-14(19)9-13-5-6-16(26)10-15(13)11-18-22(31)29-24(33)30(23(18)32)17-7-8-20(27)21(28)12-17/h1-8,10-12H,9H2,(H,29,31,33)/b18-11+. The number of carbonyl (C=O) groups is 3. The number of rotatable bonds is 4. The smallest absolute Gasteiger partial charge is 0.273 e. The fraction of sp³-hybridized carbons (Fsp3) is 0.0417. The van der Waals surface area contributed by atoms with Gasteiger partial charge in [-0.3, -0.25) is 14.9 Å². The number of nitrogens with one attached hydrogen (secondary N) is 1. The number of benzene rings is 3. The van der Waals surface area contributed by atoms with E-state index in [-0.39, 0.29) is 21.3 Å². The van der Waals surface area contributed by atoms with Gasteiger partial charge in [-0.15, -0.1) is 0 Å². The summed E-state index contributed by atoms with van der Waals surface area (Å²) >= 11 is 21.7. The average molecular weight is 565 g/mol. The van der Waals surface area contributed by atoms with Gasteiger partial charge in [-0.1, -0.05) is 75.0 Å². The van der Waals surface area contributed by atoms with Gasteiger partial charge in [0.15, 0.2) is 0 Å². The highest BCUT2D eigenvalue weighted by molar-refractivity contribution is 9.10. The number of hydrogen-bond donors (Lipinski definition) is 1. The molecule has 0 atom stereocenters. The number of anilines is 1. The van der Waals surface area contributed by atoms with E-state index in [2.05, 4.69) is 21.2 Å². The molecule has 1 fully saturated rings. The Kier molecular flexibility index (Phi) is 6.91. The molecule has 0 spiro atoms. The van der Waals surface area contributed by atoms with Crippen molar-refractivity contribution < 1.29 is 14.4 Å². The van der Waals surface area contributed by atoms with Crippen LogP contribution in [0.15, 0.2) is 70.7 Å². The van der Waals surface area contributed by atoms with Gasteiger partial charge in [0.25, 0.3) is 11.8 Å². The van der Waals surface area contributed by atoms with E-state index < -0.39 is 17.8 Å². The highest BCUT2D eigenvalue weighted by Gasteiger charge is 2.37. The molecule has 1 aliphatic rings. The van der Waals surface area contributed by atoms with Gasteiger partial charge in [0.1, 0.15) is 5.57 Å². The zero-order valence-electron chi connectivity index (χ0n) is 16.7. The topological polar surface area (TPSA) is 66.5 Å². The minimum atomic E-state index is -0.875. The van der Waals surface area contributed by atoms with Crippen LogP contribution in [0.3, 0.4) is 0 Å². The number of carbonyl (C=O) groups excluding carboxylic acids is 3. The molecule has 33 heavy (non-hydrogen) atoms. The van der Waals surface area contributed by atoms with Crippen LogP contribution in [0.5, 0.6) is 0 Å². The van der Waals surface area contributed by atoms with Crippen LogP contribution in [0.25, 0.3) is 6.08 Å². The number of halogens is 4. The van der Waals surface area contributed by atoms with E-state index in [0.29, 0.717) is 17.0 Å². The first kappa shape index (κ1) is 23.5. The Labute approximate surface area is 213 Å². The minimum absolute atomic E-state index is 0.169. The Morgan fingerprint density at radius 1 is 0.879 bits per heavy atom. The average Bonchev–Trinajstić information content (AvgIpc) is 2.76. The van der Waals surface area contributed by atoms with Crippen LogP contribution >= 0.6 is 50.7 Å². The zero-order valence-corrected chi connectivity index (χ0v) is 20.6. The Bertz CT molecular complexity index is 1340. The normalized spacial score (nSPS) is 15.2. The van der Waals surface area contributed by atoms with Gasteiger partial charge >= 0.3 is 6.03 Å². The quantitative estimate of drug-likeness (QED) is 0.285. The maximum Gasteiger partial charge on any atom is 0.335 e. The number of hydrogen-bond acceptors (Lipinski definition) is 3. The van der Waals surface area contributed by atoms with Gasteiger partial charge in [-0.25, -0.2) is 9.69 Å². The third-order valence-electron chi connectivity index (χ3n) is 5.01. The Hall–Kier alpha value is -2.64. The highest BCUT2D eigenvalue weighted by Crippen LogP contribution is 2.30. The molecule has 0 radical (unpaired) electrons. The van der Waals surface area contributed by atoms with E-state index in [1.807, 2.05) is 30.3 Å². The van der Waals surface area contributed by atoms with Crippen LogP contribution in [0.1, 0.15) is 16.7 Å². The second-order valence-corrected chi connectivity index (χ2v) is 9.27. The molecule has 0 saturated carbocycles. The highest BCUT2D eigenvalue weighted by atomic mass is 79.9. The van der Waals surface area contributed by atoms with E-state index in [9.17, 15) is 14.4 Å². The molecule has 4 amide bonds. The van der Waals surface area contributed by atoms with Crippen LogP contribution in [-0.2, 0) is 16.0 Å². The maximum absolute atomic E-state index is 13.2. The van der Waals surface area contributed by atoms with E-state index in [0.717, 1.165) is 20.5 Å². The first-order chi connectivity index (χ1) is 15.7. The fourth-order valence-corrected chi connectivity index (χ4v) is 4.28. The Balaban J connectivity index is 1.76. The number of barbiturate groups is 1. The molecule has 1 saturated heterocycles. The summed E-state index contributed by atoms with van der Waals surface area (Å²) in [6.45, 7) is 0. The van der Waals surface area contributed by atoms with E-state index in [1.165, 1.54) is 24.3 Å². The van der Waals surface area contributed by atoms with Crippen LogP contribution in [-0.4, -0.2) is 17.8 Å². The van der Waals surface area contributed by atoms with E-state index >= 15 is 0 Å². The van der Waals surface area contributed by atoms with Crippen LogP contribution in [0.4, 0.5) is 10.5 Å². The van der Waals surface area contributed by atoms with Crippen molar-refractivity contribution in [2.75, 3.05) is 4.90 Å². The first-order valence-electron chi connectivity index (χ1n) is 9.63. The van der Waals surface area contributed by atoms with Crippen molar-refractivity contribution in [1.82, 2.24) is 5.32 Å². The van der Waals surface area contributed by atoms with E-state index in [4.69, 9.17) is 34.8 Å². The summed E-state index contributed by atoms with van der Waals surface area (Å²) in [5.41, 5.74) is 2.42. The summed E-state index contributed by atoms with van der Waals surface area (Å²) in [4.78, 5) is 39.1. The first-order valence-corrected chi connectivity index (χ1v) is 11.6. The molecule has 4 rings (SSSR count). The third-order valence-corrected chi connectivity index (χ3v) is 6.76. The number of nitrogens with zero attached hydrogens (tertiary/aromatic N) is 1. The predicted octanol–water partition coefficient (Wildman–Crippen LogP) is 6.67. The lowest BCUT2D eigenvalue weighted by Gasteiger charge is -2.26. The van der Waals surface area contributed by atoms with Crippen LogP contribution in [0, 0.1) is 0 Å². The molecule has 3 aromatic carbocycles. The van der Waals surface area contributed by atoms with Crippen LogP contribution in [0.2, 0.25) is 15.1 Å². The lowest BCUT2D eigenvalue weighted by molar-refractivity contribution is -0.122. The van der Waals surface area contributed by atoms with Crippen molar-refractivity contribution in [3.8, 4) is 0 Å². The molecule has 1 aliphatic heterocycles. The van der Waals surface area contributed by atoms with Crippen LogP contribution < -0.4 is 10.2 Å². The molecule has 0 bridgehead atoms. The van der Waals surface area contributed by atoms with Crippen molar-refractivity contribution >= 4 is 80.3 Å². The predicted molar refractivity (Wildman–Crippen MR) is 134 cm³/mol. The summed E-state index contributed by atoms with van der Waals surface area (Å²) in [6.07, 6.45) is 1.97. The fourth-order valence-electron chi connectivity index (χ4n) is 3.38. The van der Waals surface area contributed by atoms with Gasteiger partial charge in [0, 0.05) is 9.50 Å². The molecule has 0 unspecified atom stereocenters. The molecule has 5 nitrogen and oxygen atoms in total. The molecule has 1 N–H and O–H groups in total. The number of imide groups is 2. The van der Waals surface area contributed by atoms with E-state index in [1.54, 1.807) is 12.1 Å². The van der Waals surface area contributed by atoms with Gasteiger partial charge in [-0.2, -0.15) is 0 Å². The lowest BCUT2D eigenvalue weighted by Crippen LogP contribution is -2.54. The monoisotopic (exact) mass is 562 g/mol. The molecule has 0 aliphatic carbocycles. The number of urea groups is 1. The Morgan fingerprint density at radius 2 is 1.64 bits per heavy atom. The van der Waals surface area contributed by atoms with Gasteiger partial charge in [-0.05, 0) is 65.6 Å². The molecule has 166 valence electrons. The molecular formula is C24H14BrCl3N2O3. The van der Waals surface area contributed by atoms with Crippen molar-refractivity contribution in [2.45, 2.75) is 6.42 Å². The third kappa shape index (κ3) is 4.99. The molecule has 3 aromatic rings. The molecule has 1 heterocycles. The minimum Gasteiger partial charge on any atom is -0.273 e. The van der Waals surface area contributed by atoms with Gasteiger partial charge in [0.05, 0.1) is 15.7 Å². The summed E-state index contributed by atoms with van der Waals surface area (Å²) in [7, 11) is 0. The van der Waals surface area contributed by atoms with Crippen molar-refractivity contribution in [3.05, 3.63) is 102 Å². The summed E-state index contributed by atoms with van der Waals surface area (Å²) in [6, 6.07) is 16.4. The SMILES string of the molecule is O=C1NC(=O)N(c2ccc(Cl)c(Cl)c2)C(=O)/C1=C/c1cc(Cl)ccc1Cc1ccccc1Br. The van der Waals surface area contributed by atoms with Crippen molar-refractivity contribution in [3.63, 3.8) is 0 Å².